The highest BCUT2D eigenvalue weighted by atomic mass is 35.5. The lowest BCUT2D eigenvalue weighted by atomic mass is 10.2. The molecule has 2 aromatic carbocycles. The molecule has 0 aliphatic carbocycles. The van der Waals surface area contributed by atoms with Crippen LogP contribution in [0.1, 0.15) is 12.0 Å². The van der Waals surface area contributed by atoms with Gasteiger partial charge in [-0.3, -0.25) is 4.79 Å². The van der Waals surface area contributed by atoms with Crippen LogP contribution in [0.15, 0.2) is 53.4 Å². The second-order valence-corrected chi connectivity index (χ2v) is 7.32. The minimum atomic E-state index is -3.60. The molecule has 0 aliphatic heterocycles. The summed E-state index contributed by atoms with van der Waals surface area (Å²) < 4.78 is 42.4. The summed E-state index contributed by atoms with van der Waals surface area (Å²) in [7, 11) is -3.60. The summed E-state index contributed by atoms with van der Waals surface area (Å²) >= 11 is 5.70. The van der Waals surface area contributed by atoms with Crippen molar-refractivity contribution in [2.24, 2.45) is 0 Å². The van der Waals surface area contributed by atoms with Gasteiger partial charge in [0.15, 0.2) is 9.84 Å². The Bertz CT molecular complexity index is 788. The Morgan fingerprint density at radius 1 is 1.09 bits per heavy atom. The van der Waals surface area contributed by atoms with Gasteiger partial charge in [0, 0.05) is 10.6 Å². The van der Waals surface area contributed by atoms with Crippen molar-refractivity contribution in [2.75, 3.05) is 5.75 Å². The van der Waals surface area contributed by atoms with Gasteiger partial charge < -0.3 is 4.74 Å². The number of carbonyl (C=O) groups excluding carboxylic acids is 1. The number of rotatable bonds is 6. The molecule has 0 atom stereocenters. The van der Waals surface area contributed by atoms with E-state index in [1.807, 2.05) is 0 Å². The third kappa shape index (κ3) is 5.04. The Hall–Kier alpha value is -1.92. The number of carbonyl (C=O) groups is 1. The Balaban J connectivity index is 1.89. The van der Waals surface area contributed by atoms with Gasteiger partial charge in [-0.05, 0) is 30.3 Å². The van der Waals surface area contributed by atoms with E-state index < -0.39 is 21.6 Å². The van der Waals surface area contributed by atoms with Crippen LogP contribution in [0.25, 0.3) is 0 Å². The van der Waals surface area contributed by atoms with E-state index in [1.165, 1.54) is 42.5 Å². The topological polar surface area (TPSA) is 60.4 Å². The summed E-state index contributed by atoms with van der Waals surface area (Å²) in [5.41, 5.74) is 0.237. The van der Waals surface area contributed by atoms with E-state index in [1.54, 1.807) is 6.07 Å². The largest absolute Gasteiger partial charge is 0.461 e. The van der Waals surface area contributed by atoms with Crippen LogP contribution >= 0.6 is 11.6 Å². The third-order valence-corrected chi connectivity index (χ3v) is 5.08. The molecule has 0 N–H and O–H groups in total. The number of benzene rings is 2. The molecule has 0 aromatic heterocycles. The van der Waals surface area contributed by atoms with Crippen LogP contribution in [-0.4, -0.2) is 20.1 Å². The third-order valence-electron chi connectivity index (χ3n) is 3.09. The molecule has 0 aliphatic rings. The average Bonchev–Trinajstić information content (AvgIpc) is 2.53. The first kappa shape index (κ1) is 17.4. The van der Waals surface area contributed by atoms with E-state index in [-0.39, 0.29) is 29.2 Å². The molecule has 4 nitrogen and oxygen atoms in total. The summed E-state index contributed by atoms with van der Waals surface area (Å²) in [6, 6.07) is 11.6. The highest BCUT2D eigenvalue weighted by molar-refractivity contribution is 7.91. The zero-order valence-corrected chi connectivity index (χ0v) is 13.6. The Labute approximate surface area is 138 Å². The van der Waals surface area contributed by atoms with Gasteiger partial charge in [0.1, 0.15) is 12.4 Å². The highest BCUT2D eigenvalue weighted by Crippen LogP contribution is 2.16. The van der Waals surface area contributed by atoms with Crippen LogP contribution in [0.4, 0.5) is 4.39 Å². The van der Waals surface area contributed by atoms with Gasteiger partial charge in [0.05, 0.1) is 17.1 Å². The fourth-order valence-electron chi connectivity index (χ4n) is 1.82. The first-order chi connectivity index (χ1) is 10.9. The van der Waals surface area contributed by atoms with Crippen molar-refractivity contribution < 1.29 is 22.3 Å². The minimum absolute atomic E-state index is 0.0869. The van der Waals surface area contributed by atoms with Gasteiger partial charge in [-0.2, -0.15) is 0 Å². The first-order valence-electron chi connectivity index (χ1n) is 6.76. The molecule has 23 heavy (non-hydrogen) atoms. The van der Waals surface area contributed by atoms with E-state index in [0.29, 0.717) is 5.02 Å². The molecule has 0 heterocycles. The molecular formula is C16H14ClFO4S. The van der Waals surface area contributed by atoms with E-state index in [0.717, 1.165) is 0 Å². The number of sulfone groups is 1. The molecule has 0 amide bonds. The van der Waals surface area contributed by atoms with Crippen LogP contribution in [0, 0.1) is 5.82 Å². The molecule has 0 saturated heterocycles. The molecule has 2 rings (SSSR count). The molecule has 122 valence electrons. The molecule has 0 fully saturated rings. The van der Waals surface area contributed by atoms with E-state index in [2.05, 4.69) is 0 Å². The van der Waals surface area contributed by atoms with Crippen LogP contribution < -0.4 is 0 Å². The standard InChI is InChI=1S/C16H14ClFO4S/c17-13-5-7-14(8-6-13)23(20,21)10-9-16(19)22-11-12-3-1-2-4-15(12)18/h1-8H,9-11H2. The van der Waals surface area contributed by atoms with Crippen molar-refractivity contribution in [3.63, 3.8) is 0 Å². The summed E-state index contributed by atoms with van der Waals surface area (Å²) in [5.74, 6) is -1.56. The fourth-order valence-corrected chi connectivity index (χ4v) is 3.17. The van der Waals surface area contributed by atoms with Gasteiger partial charge in [0.2, 0.25) is 0 Å². The predicted molar refractivity (Wildman–Crippen MR) is 84.3 cm³/mol. The van der Waals surface area contributed by atoms with E-state index >= 15 is 0 Å². The average molecular weight is 357 g/mol. The fraction of sp³-hybridized carbons (Fsp3) is 0.188. The lowest BCUT2D eigenvalue weighted by molar-refractivity contribution is -0.144. The summed E-state index contributed by atoms with van der Waals surface area (Å²) in [5, 5.41) is 0.424. The van der Waals surface area contributed by atoms with Gasteiger partial charge in [-0.25, -0.2) is 12.8 Å². The maximum absolute atomic E-state index is 13.4. The normalized spacial score (nSPS) is 11.2. The lowest BCUT2D eigenvalue weighted by Crippen LogP contribution is -2.13. The second kappa shape index (κ2) is 7.57. The van der Waals surface area contributed by atoms with Gasteiger partial charge in [0.25, 0.3) is 0 Å². The molecule has 0 spiro atoms. The van der Waals surface area contributed by atoms with Gasteiger partial charge in [-0.15, -0.1) is 0 Å². The Morgan fingerprint density at radius 3 is 2.39 bits per heavy atom. The van der Waals surface area contributed by atoms with Crippen molar-refractivity contribution >= 4 is 27.4 Å². The molecule has 0 radical (unpaired) electrons. The maximum atomic E-state index is 13.4. The number of halogens is 2. The second-order valence-electron chi connectivity index (χ2n) is 4.77. The summed E-state index contributed by atoms with van der Waals surface area (Å²) in [6.07, 6.45) is -0.306. The van der Waals surface area contributed by atoms with Crippen LogP contribution in [0.3, 0.4) is 0 Å². The maximum Gasteiger partial charge on any atom is 0.307 e. The lowest BCUT2D eigenvalue weighted by Gasteiger charge is -2.07. The van der Waals surface area contributed by atoms with Crippen LogP contribution in [0.2, 0.25) is 5.02 Å². The minimum Gasteiger partial charge on any atom is -0.461 e. The van der Waals surface area contributed by atoms with Crippen molar-refractivity contribution in [3.8, 4) is 0 Å². The van der Waals surface area contributed by atoms with Crippen LogP contribution in [-0.2, 0) is 26.0 Å². The van der Waals surface area contributed by atoms with Gasteiger partial charge >= 0.3 is 5.97 Å². The quantitative estimate of drug-likeness (QED) is 0.744. The molecule has 0 saturated carbocycles. The monoisotopic (exact) mass is 356 g/mol. The zero-order valence-electron chi connectivity index (χ0n) is 12.0. The van der Waals surface area contributed by atoms with Gasteiger partial charge in [-0.1, -0.05) is 29.8 Å². The number of esters is 1. The highest BCUT2D eigenvalue weighted by Gasteiger charge is 2.17. The SMILES string of the molecule is O=C(CCS(=O)(=O)c1ccc(Cl)cc1)OCc1ccccc1F. The van der Waals surface area contributed by atoms with E-state index in [9.17, 15) is 17.6 Å². The van der Waals surface area contributed by atoms with Crippen LogP contribution in [0.5, 0.6) is 0 Å². The van der Waals surface area contributed by atoms with Crippen molar-refractivity contribution in [1.29, 1.82) is 0 Å². The number of ether oxygens (including phenoxy) is 1. The first-order valence-corrected chi connectivity index (χ1v) is 8.79. The number of hydrogen-bond donors (Lipinski definition) is 0. The Kier molecular flexibility index (Phi) is 5.74. The zero-order chi connectivity index (χ0) is 16.9. The summed E-state index contributed by atoms with van der Waals surface area (Å²) in [4.78, 5) is 11.7. The molecule has 7 heteroatoms. The smallest absolute Gasteiger partial charge is 0.307 e. The summed E-state index contributed by atoms with van der Waals surface area (Å²) in [6.45, 7) is -0.230. The van der Waals surface area contributed by atoms with Crippen molar-refractivity contribution in [2.45, 2.75) is 17.9 Å². The predicted octanol–water partition coefficient (Wildman–Crippen LogP) is 3.39. The number of hydrogen-bond acceptors (Lipinski definition) is 4. The Morgan fingerprint density at radius 2 is 1.74 bits per heavy atom. The van der Waals surface area contributed by atoms with Crippen molar-refractivity contribution in [3.05, 3.63) is 64.9 Å². The molecule has 0 unspecified atom stereocenters. The molecular weight excluding hydrogens is 343 g/mol. The molecule has 2 aromatic rings. The van der Waals surface area contributed by atoms with Crippen molar-refractivity contribution in [1.82, 2.24) is 0 Å². The molecule has 0 bridgehead atoms. The van der Waals surface area contributed by atoms with E-state index in [4.69, 9.17) is 16.3 Å².